The van der Waals surface area contributed by atoms with E-state index in [9.17, 15) is 13.2 Å². The van der Waals surface area contributed by atoms with E-state index in [0.717, 1.165) is 5.56 Å². The topological polar surface area (TPSA) is 85.4 Å². The van der Waals surface area contributed by atoms with Crippen molar-refractivity contribution in [2.45, 2.75) is 9.79 Å². The lowest BCUT2D eigenvalue weighted by Gasteiger charge is -2.10. The molecule has 1 N–H and O–H groups in total. The van der Waals surface area contributed by atoms with Crippen LogP contribution in [0, 0.1) is 0 Å². The summed E-state index contributed by atoms with van der Waals surface area (Å²) in [5.74, 6) is -0.0513. The summed E-state index contributed by atoms with van der Waals surface area (Å²) in [5.41, 5.74) is 1.29. The molecule has 0 saturated heterocycles. The van der Waals surface area contributed by atoms with Crippen molar-refractivity contribution < 1.29 is 17.9 Å². The van der Waals surface area contributed by atoms with Gasteiger partial charge in [-0.2, -0.15) is 0 Å². The Hall–Kier alpha value is -3.45. The highest BCUT2D eigenvalue weighted by Crippen LogP contribution is 2.29. The first kappa shape index (κ1) is 19.3. The molecule has 1 amide bonds. The van der Waals surface area contributed by atoms with Crippen molar-refractivity contribution in [1.29, 1.82) is 0 Å². The first-order chi connectivity index (χ1) is 13.5. The van der Waals surface area contributed by atoms with Gasteiger partial charge in [-0.25, -0.2) is 8.42 Å². The Labute approximate surface area is 163 Å². The van der Waals surface area contributed by atoms with Gasteiger partial charge in [-0.1, -0.05) is 18.2 Å². The lowest BCUT2D eigenvalue weighted by Crippen LogP contribution is -2.08. The number of carbonyl (C=O) groups excluding carboxylic acids is 1. The molecular formula is C21H18N2O4S. The molecule has 0 radical (unpaired) electrons. The quantitative estimate of drug-likeness (QED) is 0.646. The minimum Gasteiger partial charge on any atom is -0.495 e. The number of ether oxygens (including phenoxy) is 1. The van der Waals surface area contributed by atoms with Crippen molar-refractivity contribution >= 4 is 27.5 Å². The van der Waals surface area contributed by atoms with Crippen LogP contribution in [-0.4, -0.2) is 26.4 Å². The van der Waals surface area contributed by atoms with Crippen LogP contribution >= 0.6 is 0 Å². The molecule has 7 heteroatoms. The summed E-state index contributed by atoms with van der Waals surface area (Å²) >= 11 is 0. The number of para-hydroxylation sites is 1. The second kappa shape index (κ2) is 8.49. The molecule has 28 heavy (non-hydrogen) atoms. The second-order valence-corrected chi connectivity index (χ2v) is 7.71. The van der Waals surface area contributed by atoms with E-state index in [1.165, 1.54) is 43.5 Å². The minimum absolute atomic E-state index is 0.0914. The molecule has 2 aromatic carbocycles. The van der Waals surface area contributed by atoms with Crippen LogP contribution in [-0.2, 0) is 14.6 Å². The van der Waals surface area contributed by atoms with Crippen molar-refractivity contribution in [3.05, 3.63) is 84.7 Å². The average molecular weight is 394 g/mol. The van der Waals surface area contributed by atoms with Crippen LogP contribution in [0.2, 0.25) is 0 Å². The standard InChI is InChI=1S/C21H18N2O4S/c1-27-19-6-2-3-7-20(19)28(25,26)18-11-9-17(10-12-18)23-21(24)13-8-16-5-4-14-22-15-16/h2-15H,1H3,(H,23,24). The number of pyridine rings is 1. The van der Waals surface area contributed by atoms with Gasteiger partial charge in [0.2, 0.25) is 15.7 Å². The number of benzene rings is 2. The van der Waals surface area contributed by atoms with E-state index >= 15 is 0 Å². The Bertz CT molecular complexity index is 1090. The molecule has 6 nitrogen and oxygen atoms in total. The van der Waals surface area contributed by atoms with Gasteiger partial charge >= 0.3 is 0 Å². The van der Waals surface area contributed by atoms with Crippen LogP contribution in [0.15, 0.2) is 88.9 Å². The van der Waals surface area contributed by atoms with Gasteiger partial charge in [0.1, 0.15) is 10.6 Å². The third-order valence-corrected chi connectivity index (χ3v) is 5.71. The van der Waals surface area contributed by atoms with Crippen LogP contribution in [0.5, 0.6) is 5.75 Å². The zero-order valence-electron chi connectivity index (χ0n) is 15.1. The molecule has 0 aliphatic rings. The molecule has 142 valence electrons. The van der Waals surface area contributed by atoms with E-state index < -0.39 is 9.84 Å². The van der Waals surface area contributed by atoms with Gasteiger partial charge in [-0.05, 0) is 54.1 Å². The van der Waals surface area contributed by atoms with Gasteiger partial charge in [0.05, 0.1) is 12.0 Å². The number of sulfone groups is 1. The number of hydrogen-bond acceptors (Lipinski definition) is 5. The molecule has 0 unspecified atom stereocenters. The summed E-state index contributed by atoms with van der Waals surface area (Å²) in [6.07, 6.45) is 6.32. The van der Waals surface area contributed by atoms with Crippen LogP contribution in [0.4, 0.5) is 5.69 Å². The lowest BCUT2D eigenvalue weighted by molar-refractivity contribution is -0.111. The van der Waals surface area contributed by atoms with Gasteiger partial charge in [0, 0.05) is 24.2 Å². The van der Waals surface area contributed by atoms with Crippen molar-refractivity contribution in [2.75, 3.05) is 12.4 Å². The Morgan fingerprint density at radius 2 is 1.79 bits per heavy atom. The number of carbonyl (C=O) groups is 1. The van der Waals surface area contributed by atoms with Crippen molar-refractivity contribution in [3.63, 3.8) is 0 Å². The highest BCUT2D eigenvalue weighted by atomic mass is 32.2. The summed E-state index contributed by atoms with van der Waals surface area (Å²) < 4.78 is 30.8. The number of anilines is 1. The summed E-state index contributed by atoms with van der Waals surface area (Å²) in [6.45, 7) is 0. The average Bonchev–Trinajstić information content (AvgIpc) is 2.73. The zero-order chi connectivity index (χ0) is 20.0. The third kappa shape index (κ3) is 4.44. The van der Waals surface area contributed by atoms with E-state index in [4.69, 9.17) is 4.74 Å². The van der Waals surface area contributed by atoms with Crippen LogP contribution < -0.4 is 10.1 Å². The number of nitrogens with zero attached hydrogens (tertiary/aromatic N) is 1. The number of rotatable bonds is 6. The number of methoxy groups -OCH3 is 1. The molecule has 0 aliphatic carbocycles. The maximum Gasteiger partial charge on any atom is 0.248 e. The molecule has 1 aromatic heterocycles. The first-order valence-corrected chi connectivity index (χ1v) is 9.86. The fraction of sp³-hybridized carbons (Fsp3) is 0.0476. The second-order valence-electron chi connectivity index (χ2n) is 5.79. The number of aromatic nitrogens is 1. The maximum absolute atomic E-state index is 12.8. The summed E-state index contributed by atoms with van der Waals surface area (Å²) in [4.78, 5) is 16.2. The van der Waals surface area contributed by atoms with E-state index in [1.54, 1.807) is 42.7 Å². The molecule has 0 aliphatic heterocycles. The third-order valence-electron chi connectivity index (χ3n) is 3.90. The molecule has 0 bridgehead atoms. The number of hydrogen-bond donors (Lipinski definition) is 1. The number of nitrogens with one attached hydrogen (secondary N) is 1. The fourth-order valence-electron chi connectivity index (χ4n) is 2.52. The normalized spacial score (nSPS) is 11.3. The highest BCUT2D eigenvalue weighted by molar-refractivity contribution is 7.91. The van der Waals surface area contributed by atoms with Crippen LogP contribution in [0.1, 0.15) is 5.56 Å². The Morgan fingerprint density at radius 3 is 2.46 bits per heavy atom. The molecule has 0 spiro atoms. The predicted molar refractivity (Wildman–Crippen MR) is 107 cm³/mol. The van der Waals surface area contributed by atoms with Gasteiger partial charge in [-0.3, -0.25) is 9.78 Å². The largest absolute Gasteiger partial charge is 0.495 e. The van der Waals surface area contributed by atoms with E-state index in [-0.39, 0.29) is 21.4 Å². The lowest BCUT2D eigenvalue weighted by atomic mass is 10.2. The molecule has 0 atom stereocenters. The van der Waals surface area contributed by atoms with Crippen LogP contribution in [0.25, 0.3) is 6.08 Å². The van der Waals surface area contributed by atoms with Crippen molar-refractivity contribution in [3.8, 4) is 5.75 Å². The summed E-state index contributed by atoms with van der Waals surface area (Å²) in [5, 5.41) is 2.69. The molecule has 3 rings (SSSR count). The monoisotopic (exact) mass is 394 g/mol. The van der Waals surface area contributed by atoms with Crippen molar-refractivity contribution in [1.82, 2.24) is 4.98 Å². The number of amides is 1. The highest BCUT2D eigenvalue weighted by Gasteiger charge is 2.21. The molecular weight excluding hydrogens is 376 g/mol. The molecule has 3 aromatic rings. The molecule has 1 heterocycles. The van der Waals surface area contributed by atoms with Gasteiger partial charge in [0.15, 0.2) is 0 Å². The van der Waals surface area contributed by atoms with E-state index in [0.29, 0.717) is 5.69 Å². The first-order valence-electron chi connectivity index (χ1n) is 8.38. The minimum atomic E-state index is -3.73. The Morgan fingerprint density at radius 1 is 1.04 bits per heavy atom. The SMILES string of the molecule is COc1ccccc1S(=O)(=O)c1ccc(NC(=O)C=Cc2cccnc2)cc1. The predicted octanol–water partition coefficient (Wildman–Crippen LogP) is 3.57. The smallest absolute Gasteiger partial charge is 0.248 e. The molecule has 0 fully saturated rings. The van der Waals surface area contributed by atoms with Crippen LogP contribution in [0.3, 0.4) is 0 Å². The van der Waals surface area contributed by atoms with Gasteiger partial charge in [0.25, 0.3) is 0 Å². The van der Waals surface area contributed by atoms with Gasteiger partial charge < -0.3 is 10.1 Å². The summed E-state index contributed by atoms with van der Waals surface area (Å²) in [6, 6.07) is 16.0. The van der Waals surface area contributed by atoms with E-state index in [1.807, 2.05) is 6.07 Å². The fourth-order valence-corrected chi connectivity index (χ4v) is 3.94. The van der Waals surface area contributed by atoms with E-state index in [2.05, 4.69) is 10.3 Å². The summed E-state index contributed by atoms with van der Waals surface area (Å²) in [7, 11) is -2.31. The molecule has 0 saturated carbocycles. The Balaban J connectivity index is 1.74. The Kier molecular flexibility index (Phi) is 5.86. The van der Waals surface area contributed by atoms with Crippen molar-refractivity contribution in [2.24, 2.45) is 0 Å². The zero-order valence-corrected chi connectivity index (χ0v) is 15.9. The maximum atomic E-state index is 12.8. The van der Waals surface area contributed by atoms with Gasteiger partial charge in [-0.15, -0.1) is 0 Å².